The maximum atomic E-state index is 12.7. The van der Waals surface area contributed by atoms with Gasteiger partial charge in [0.1, 0.15) is 0 Å². The summed E-state index contributed by atoms with van der Waals surface area (Å²) in [6.45, 7) is 4.02. The van der Waals surface area contributed by atoms with Crippen molar-refractivity contribution in [1.82, 2.24) is 0 Å². The SMILES string of the molecule is Cc1ccc(C)c(N(Cc2ccc(C(=O)Nc3ccc4ccccc4c3)cc2)S(C)(=O)=O)c1. The molecular weight excluding hydrogens is 432 g/mol. The van der Waals surface area contributed by atoms with Gasteiger partial charge in [-0.15, -0.1) is 0 Å². The summed E-state index contributed by atoms with van der Waals surface area (Å²) in [5.74, 6) is -0.216. The van der Waals surface area contributed by atoms with Crippen LogP contribution in [0.5, 0.6) is 0 Å². The number of anilines is 2. The van der Waals surface area contributed by atoms with Crippen molar-refractivity contribution in [2.24, 2.45) is 0 Å². The van der Waals surface area contributed by atoms with Gasteiger partial charge in [-0.1, -0.05) is 54.6 Å². The monoisotopic (exact) mass is 458 g/mol. The molecule has 0 spiro atoms. The maximum Gasteiger partial charge on any atom is 0.255 e. The van der Waals surface area contributed by atoms with Crippen LogP contribution in [0.15, 0.2) is 84.9 Å². The lowest BCUT2D eigenvalue weighted by atomic mass is 10.1. The first-order valence-corrected chi connectivity index (χ1v) is 12.5. The summed E-state index contributed by atoms with van der Waals surface area (Å²) in [5, 5.41) is 5.09. The number of fused-ring (bicyclic) bond motifs is 1. The Balaban J connectivity index is 1.52. The summed E-state index contributed by atoms with van der Waals surface area (Å²) < 4.78 is 26.5. The number of carbonyl (C=O) groups is 1. The van der Waals surface area contributed by atoms with Gasteiger partial charge in [-0.2, -0.15) is 0 Å². The molecule has 0 heterocycles. The Labute approximate surface area is 194 Å². The summed E-state index contributed by atoms with van der Waals surface area (Å²) in [6, 6.07) is 26.5. The van der Waals surface area contributed by atoms with E-state index in [1.54, 1.807) is 24.3 Å². The molecule has 1 N–H and O–H groups in total. The zero-order valence-electron chi connectivity index (χ0n) is 18.9. The van der Waals surface area contributed by atoms with Gasteiger partial charge in [-0.25, -0.2) is 8.42 Å². The molecule has 0 aliphatic heterocycles. The second-order valence-electron chi connectivity index (χ2n) is 8.27. The Bertz CT molecular complexity index is 1430. The molecule has 0 unspecified atom stereocenters. The third-order valence-electron chi connectivity index (χ3n) is 5.58. The number of rotatable bonds is 6. The molecule has 0 saturated heterocycles. The van der Waals surface area contributed by atoms with Crippen LogP contribution in [0, 0.1) is 13.8 Å². The van der Waals surface area contributed by atoms with Gasteiger partial charge in [0.05, 0.1) is 18.5 Å². The molecule has 0 bridgehead atoms. The molecule has 0 saturated carbocycles. The Morgan fingerprint density at radius 3 is 2.24 bits per heavy atom. The number of hydrogen-bond acceptors (Lipinski definition) is 3. The van der Waals surface area contributed by atoms with Crippen LogP contribution in [0.3, 0.4) is 0 Å². The lowest BCUT2D eigenvalue weighted by molar-refractivity contribution is 0.102. The van der Waals surface area contributed by atoms with E-state index in [0.29, 0.717) is 11.3 Å². The smallest absolute Gasteiger partial charge is 0.255 e. The number of benzene rings is 4. The van der Waals surface area contributed by atoms with Crippen LogP contribution >= 0.6 is 0 Å². The van der Waals surface area contributed by atoms with Crippen LogP contribution in [0.2, 0.25) is 0 Å². The van der Waals surface area contributed by atoms with Gasteiger partial charge in [0.15, 0.2) is 0 Å². The first kappa shape index (κ1) is 22.6. The topological polar surface area (TPSA) is 66.5 Å². The standard InChI is InChI=1S/C27H26N2O3S/c1-19-8-9-20(2)26(16-19)29(33(3,31)32)18-21-10-12-23(13-11-21)27(30)28-25-15-14-22-6-4-5-7-24(22)17-25/h4-17H,18H2,1-3H3,(H,28,30). The minimum atomic E-state index is -3.49. The number of amides is 1. The Morgan fingerprint density at radius 1 is 0.848 bits per heavy atom. The van der Waals surface area contributed by atoms with Crippen LogP contribution in [0.1, 0.15) is 27.0 Å². The second-order valence-corrected chi connectivity index (χ2v) is 10.2. The van der Waals surface area contributed by atoms with Crippen LogP contribution < -0.4 is 9.62 Å². The van der Waals surface area contributed by atoms with Crippen molar-refractivity contribution in [1.29, 1.82) is 0 Å². The van der Waals surface area contributed by atoms with Crippen molar-refractivity contribution in [3.8, 4) is 0 Å². The second kappa shape index (κ2) is 9.08. The summed E-state index contributed by atoms with van der Waals surface area (Å²) in [6.07, 6.45) is 1.21. The molecule has 33 heavy (non-hydrogen) atoms. The van der Waals surface area contributed by atoms with E-state index in [-0.39, 0.29) is 12.5 Å². The summed E-state index contributed by atoms with van der Waals surface area (Å²) in [4.78, 5) is 12.7. The van der Waals surface area contributed by atoms with Gasteiger partial charge < -0.3 is 5.32 Å². The molecule has 0 fully saturated rings. The Morgan fingerprint density at radius 2 is 1.55 bits per heavy atom. The van der Waals surface area contributed by atoms with E-state index in [9.17, 15) is 13.2 Å². The van der Waals surface area contributed by atoms with Crippen LogP contribution in [0.25, 0.3) is 10.8 Å². The summed E-state index contributed by atoms with van der Waals surface area (Å²) in [7, 11) is -3.49. The van der Waals surface area contributed by atoms with Crippen molar-refractivity contribution in [3.05, 3.63) is 107 Å². The molecule has 4 rings (SSSR count). The number of aryl methyl sites for hydroxylation is 2. The van der Waals surface area contributed by atoms with Crippen molar-refractivity contribution >= 4 is 38.1 Å². The van der Waals surface area contributed by atoms with Crippen LogP contribution in [0.4, 0.5) is 11.4 Å². The van der Waals surface area contributed by atoms with Gasteiger partial charge in [0, 0.05) is 11.3 Å². The van der Waals surface area contributed by atoms with E-state index in [0.717, 1.165) is 33.2 Å². The number of hydrogen-bond donors (Lipinski definition) is 1. The molecule has 0 atom stereocenters. The van der Waals surface area contributed by atoms with Gasteiger partial charge in [0.25, 0.3) is 5.91 Å². The van der Waals surface area contributed by atoms with Gasteiger partial charge in [-0.05, 0) is 71.6 Å². The Hall–Kier alpha value is -3.64. The minimum Gasteiger partial charge on any atom is -0.322 e. The number of nitrogens with zero attached hydrogens (tertiary/aromatic N) is 1. The highest BCUT2D eigenvalue weighted by Gasteiger charge is 2.20. The average Bonchev–Trinajstić information content (AvgIpc) is 2.79. The highest BCUT2D eigenvalue weighted by atomic mass is 32.2. The van der Waals surface area contributed by atoms with Gasteiger partial charge in [-0.3, -0.25) is 9.10 Å². The lowest BCUT2D eigenvalue weighted by Crippen LogP contribution is -2.30. The number of sulfonamides is 1. The normalized spacial score (nSPS) is 11.4. The third kappa shape index (κ3) is 5.23. The van der Waals surface area contributed by atoms with E-state index < -0.39 is 10.0 Å². The Kier molecular flexibility index (Phi) is 6.20. The predicted molar refractivity (Wildman–Crippen MR) is 135 cm³/mol. The summed E-state index contributed by atoms with van der Waals surface area (Å²) >= 11 is 0. The largest absolute Gasteiger partial charge is 0.322 e. The molecule has 4 aromatic carbocycles. The van der Waals surface area contributed by atoms with E-state index in [1.807, 2.05) is 74.5 Å². The number of nitrogens with one attached hydrogen (secondary N) is 1. The molecule has 168 valence electrons. The molecule has 5 nitrogen and oxygen atoms in total. The molecule has 0 aromatic heterocycles. The number of carbonyl (C=O) groups excluding carboxylic acids is 1. The summed E-state index contributed by atoms with van der Waals surface area (Å²) in [5.41, 5.74) is 4.56. The van der Waals surface area contributed by atoms with Crippen LogP contribution in [-0.4, -0.2) is 20.6 Å². The van der Waals surface area contributed by atoms with Crippen molar-refractivity contribution in [3.63, 3.8) is 0 Å². The molecule has 4 aromatic rings. The fourth-order valence-electron chi connectivity index (χ4n) is 3.77. The van der Waals surface area contributed by atoms with E-state index in [2.05, 4.69) is 5.32 Å². The van der Waals surface area contributed by atoms with Crippen molar-refractivity contribution in [2.45, 2.75) is 20.4 Å². The quantitative estimate of drug-likeness (QED) is 0.404. The minimum absolute atomic E-state index is 0.190. The zero-order chi connectivity index (χ0) is 23.6. The maximum absolute atomic E-state index is 12.7. The molecule has 0 aliphatic carbocycles. The molecule has 1 amide bonds. The van der Waals surface area contributed by atoms with Crippen molar-refractivity contribution < 1.29 is 13.2 Å². The van der Waals surface area contributed by atoms with Gasteiger partial charge in [0.2, 0.25) is 10.0 Å². The van der Waals surface area contributed by atoms with Crippen LogP contribution in [-0.2, 0) is 16.6 Å². The first-order valence-electron chi connectivity index (χ1n) is 10.6. The van der Waals surface area contributed by atoms with E-state index in [4.69, 9.17) is 0 Å². The van der Waals surface area contributed by atoms with E-state index in [1.165, 1.54) is 10.6 Å². The first-order chi connectivity index (χ1) is 15.7. The molecule has 6 heteroatoms. The predicted octanol–water partition coefficient (Wildman–Crippen LogP) is 5.68. The fourth-order valence-corrected chi connectivity index (χ4v) is 4.70. The highest BCUT2D eigenvalue weighted by molar-refractivity contribution is 7.92. The zero-order valence-corrected chi connectivity index (χ0v) is 19.7. The lowest BCUT2D eigenvalue weighted by Gasteiger charge is -2.25. The average molecular weight is 459 g/mol. The molecule has 0 aliphatic rings. The fraction of sp³-hybridized carbons (Fsp3) is 0.148. The highest BCUT2D eigenvalue weighted by Crippen LogP contribution is 2.26. The van der Waals surface area contributed by atoms with Gasteiger partial charge >= 0.3 is 0 Å². The molecular formula is C27H26N2O3S. The third-order valence-corrected chi connectivity index (χ3v) is 6.71. The van der Waals surface area contributed by atoms with Crippen molar-refractivity contribution in [2.75, 3.05) is 15.9 Å². The van der Waals surface area contributed by atoms with E-state index >= 15 is 0 Å². The molecule has 0 radical (unpaired) electrons.